The maximum absolute atomic E-state index is 12.4. The second-order valence-electron chi connectivity index (χ2n) is 4.60. The van der Waals surface area contributed by atoms with E-state index in [0.29, 0.717) is 5.56 Å². The highest BCUT2D eigenvalue weighted by atomic mass is 32.2. The van der Waals surface area contributed by atoms with Crippen LogP contribution in [-0.2, 0) is 10.0 Å². The van der Waals surface area contributed by atoms with Crippen LogP contribution in [0.2, 0.25) is 0 Å². The van der Waals surface area contributed by atoms with Crippen molar-refractivity contribution in [3.8, 4) is 0 Å². The molecule has 0 bridgehead atoms. The number of aliphatic hydroxyl groups excluding tert-OH is 1. The van der Waals surface area contributed by atoms with Crippen LogP contribution >= 0.6 is 0 Å². The van der Waals surface area contributed by atoms with Crippen LogP contribution in [0.3, 0.4) is 0 Å². The maximum Gasteiger partial charge on any atom is 0.229 e. The number of anilines is 1. The van der Waals surface area contributed by atoms with Crippen LogP contribution in [0.25, 0.3) is 0 Å². The van der Waals surface area contributed by atoms with Gasteiger partial charge >= 0.3 is 0 Å². The van der Waals surface area contributed by atoms with E-state index in [9.17, 15) is 18.3 Å². The lowest BCUT2D eigenvalue weighted by Crippen LogP contribution is -2.17. The molecule has 5 nitrogen and oxygen atoms in total. The van der Waals surface area contributed by atoms with Gasteiger partial charge in [0.1, 0.15) is 6.10 Å². The first-order valence-electron chi connectivity index (χ1n) is 6.22. The van der Waals surface area contributed by atoms with Gasteiger partial charge in [-0.1, -0.05) is 42.5 Å². The lowest BCUT2D eigenvalue weighted by molar-refractivity contribution is 0.0748. The van der Waals surface area contributed by atoms with Crippen LogP contribution in [0.15, 0.2) is 54.6 Å². The van der Waals surface area contributed by atoms with E-state index < -0.39 is 21.9 Å². The highest BCUT2D eigenvalue weighted by Gasteiger charge is 2.22. The number of benzene rings is 2. The summed E-state index contributed by atoms with van der Waals surface area (Å²) in [6, 6.07) is 14.6. The minimum absolute atomic E-state index is 0.124. The molecule has 2 aromatic rings. The summed E-state index contributed by atoms with van der Waals surface area (Å²) in [7, 11) is -3.51. The molecule has 0 aromatic heterocycles. The first kappa shape index (κ1) is 15.2. The maximum atomic E-state index is 12.4. The summed E-state index contributed by atoms with van der Waals surface area (Å²) < 4.78 is 24.9. The molecule has 0 aliphatic carbocycles. The van der Waals surface area contributed by atoms with Gasteiger partial charge in [-0.3, -0.25) is 9.52 Å². The van der Waals surface area contributed by atoms with Crippen LogP contribution in [0.4, 0.5) is 5.69 Å². The third-order valence-electron chi connectivity index (χ3n) is 2.85. The number of nitrogens with one attached hydrogen (secondary N) is 1. The minimum Gasteiger partial charge on any atom is -0.380 e. The summed E-state index contributed by atoms with van der Waals surface area (Å²) >= 11 is 0. The smallest absolute Gasteiger partial charge is 0.229 e. The summed E-state index contributed by atoms with van der Waals surface area (Å²) in [5.74, 6) is -0.562. The predicted octanol–water partition coefficient (Wildman–Crippen LogP) is 1.97. The van der Waals surface area contributed by atoms with E-state index in [2.05, 4.69) is 4.72 Å². The van der Waals surface area contributed by atoms with Crippen LogP contribution in [-0.4, -0.2) is 25.6 Å². The number of hydrogen-bond donors (Lipinski definition) is 2. The molecule has 0 saturated carbocycles. The van der Waals surface area contributed by atoms with Gasteiger partial charge in [-0.05, 0) is 17.7 Å². The second-order valence-corrected chi connectivity index (χ2v) is 6.35. The van der Waals surface area contributed by atoms with Crippen molar-refractivity contribution >= 4 is 21.5 Å². The first-order chi connectivity index (χ1) is 9.88. The van der Waals surface area contributed by atoms with E-state index in [1.165, 1.54) is 12.1 Å². The number of carbonyl (C=O) groups is 1. The number of hydrogen-bond acceptors (Lipinski definition) is 4. The number of Topliss-reactive ketones (excluding diaryl/α,β-unsaturated/α-hetero) is 1. The van der Waals surface area contributed by atoms with E-state index in [0.717, 1.165) is 6.26 Å². The van der Waals surface area contributed by atoms with E-state index in [-0.39, 0.29) is 11.3 Å². The molecule has 1 atom stereocenters. The third kappa shape index (κ3) is 3.90. The van der Waals surface area contributed by atoms with Gasteiger partial charge in [0.2, 0.25) is 10.0 Å². The van der Waals surface area contributed by atoms with E-state index >= 15 is 0 Å². The standard InChI is InChI=1S/C15H15NO4S/c1-21(19,20)16-13-10-6-5-9-12(13)15(18)14(17)11-7-3-2-4-8-11/h2-10,14,16-17H,1H3. The normalized spacial score (nSPS) is 12.7. The molecule has 1 unspecified atom stereocenters. The van der Waals surface area contributed by atoms with Crippen molar-refractivity contribution in [3.05, 3.63) is 65.7 Å². The average Bonchev–Trinajstić information content (AvgIpc) is 2.45. The van der Waals surface area contributed by atoms with Gasteiger partial charge in [-0.2, -0.15) is 0 Å². The van der Waals surface area contributed by atoms with Gasteiger partial charge in [0.25, 0.3) is 0 Å². The Morgan fingerprint density at radius 1 is 1.05 bits per heavy atom. The average molecular weight is 305 g/mol. The van der Waals surface area contributed by atoms with Crippen molar-refractivity contribution in [3.63, 3.8) is 0 Å². The number of ketones is 1. The van der Waals surface area contributed by atoms with Crippen molar-refractivity contribution in [2.75, 3.05) is 11.0 Å². The largest absolute Gasteiger partial charge is 0.380 e. The Balaban J connectivity index is 2.36. The molecule has 0 fully saturated rings. The van der Waals surface area contributed by atoms with Gasteiger partial charge in [0, 0.05) is 5.56 Å². The lowest BCUT2D eigenvalue weighted by Gasteiger charge is -2.13. The molecule has 2 aromatic carbocycles. The van der Waals surface area contributed by atoms with Gasteiger partial charge in [-0.25, -0.2) is 8.42 Å². The molecule has 0 heterocycles. The number of carbonyl (C=O) groups excluding carboxylic acids is 1. The van der Waals surface area contributed by atoms with Gasteiger partial charge < -0.3 is 5.11 Å². The zero-order valence-corrected chi connectivity index (χ0v) is 12.2. The zero-order valence-electron chi connectivity index (χ0n) is 11.4. The Hall–Kier alpha value is -2.18. The molecule has 0 saturated heterocycles. The van der Waals surface area contributed by atoms with Crippen molar-refractivity contribution in [2.45, 2.75) is 6.10 Å². The van der Waals surface area contributed by atoms with Crippen LogP contribution in [0, 0.1) is 0 Å². The molecule has 0 aliphatic heterocycles. The summed E-state index contributed by atoms with van der Waals surface area (Å²) in [6.07, 6.45) is -0.337. The second kappa shape index (κ2) is 6.07. The van der Waals surface area contributed by atoms with Gasteiger partial charge in [0.15, 0.2) is 5.78 Å². The molecule has 2 N–H and O–H groups in total. The molecule has 0 amide bonds. The Labute approximate surface area is 123 Å². The molecular formula is C15H15NO4S. The van der Waals surface area contributed by atoms with E-state index in [1.54, 1.807) is 42.5 Å². The van der Waals surface area contributed by atoms with Crippen molar-refractivity contribution in [1.82, 2.24) is 0 Å². The fraction of sp³-hybridized carbons (Fsp3) is 0.133. The summed E-state index contributed by atoms with van der Waals surface area (Å²) in [4.78, 5) is 12.4. The van der Waals surface area contributed by atoms with Crippen LogP contribution < -0.4 is 4.72 Å². The molecular weight excluding hydrogens is 290 g/mol. The molecule has 6 heteroatoms. The van der Waals surface area contributed by atoms with Gasteiger partial charge in [0.05, 0.1) is 11.9 Å². The predicted molar refractivity (Wildman–Crippen MR) is 80.6 cm³/mol. The molecule has 21 heavy (non-hydrogen) atoms. The summed E-state index contributed by atoms with van der Waals surface area (Å²) in [5, 5.41) is 10.1. The molecule has 0 radical (unpaired) electrons. The van der Waals surface area contributed by atoms with Crippen LogP contribution in [0.1, 0.15) is 22.0 Å². The Bertz CT molecular complexity index is 741. The number of aliphatic hydroxyl groups is 1. The lowest BCUT2D eigenvalue weighted by atomic mass is 9.99. The van der Waals surface area contributed by atoms with E-state index in [1.807, 2.05) is 0 Å². The minimum atomic E-state index is -3.51. The first-order valence-corrected chi connectivity index (χ1v) is 8.11. The summed E-state index contributed by atoms with van der Waals surface area (Å²) in [5.41, 5.74) is 0.732. The number of para-hydroxylation sites is 1. The van der Waals surface area contributed by atoms with Crippen molar-refractivity contribution in [1.29, 1.82) is 0 Å². The van der Waals surface area contributed by atoms with Crippen molar-refractivity contribution < 1.29 is 18.3 Å². The highest BCUT2D eigenvalue weighted by molar-refractivity contribution is 7.92. The van der Waals surface area contributed by atoms with Gasteiger partial charge in [-0.15, -0.1) is 0 Å². The fourth-order valence-electron chi connectivity index (χ4n) is 1.92. The molecule has 0 spiro atoms. The SMILES string of the molecule is CS(=O)(=O)Nc1ccccc1C(=O)C(O)c1ccccc1. The quantitative estimate of drug-likeness (QED) is 0.827. The fourth-order valence-corrected chi connectivity index (χ4v) is 2.50. The Kier molecular flexibility index (Phi) is 4.40. The summed E-state index contributed by atoms with van der Waals surface area (Å²) in [6.45, 7) is 0. The highest BCUT2D eigenvalue weighted by Crippen LogP contribution is 2.24. The Morgan fingerprint density at radius 3 is 2.24 bits per heavy atom. The van der Waals surface area contributed by atoms with Crippen molar-refractivity contribution in [2.24, 2.45) is 0 Å². The Morgan fingerprint density at radius 2 is 1.62 bits per heavy atom. The van der Waals surface area contributed by atoms with E-state index in [4.69, 9.17) is 0 Å². The number of rotatable bonds is 5. The molecule has 0 aliphatic rings. The topological polar surface area (TPSA) is 83.5 Å². The molecule has 2 rings (SSSR count). The van der Waals surface area contributed by atoms with Crippen LogP contribution in [0.5, 0.6) is 0 Å². The third-order valence-corrected chi connectivity index (χ3v) is 3.44. The molecule has 110 valence electrons. The zero-order chi connectivity index (χ0) is 15.5. The number of sulfonamides is 1. The monoisotopic (exact) mass is 305 g/mol.